The van der Waals surface area contributed by atoms with Gasteiger partial charge in [-0.3, -0.25) is 14.0 Å². The number of imidazole rings is 1. The van der Waals surface area contributed by atoms with Gasteiger partial charge in [-0.1, -0.05) is 35.3 Å². The van der Waals surface area contributed by atoms with Crippen molar-refractivity contribution in [3.63, 3.8) is 0 Å². The Hall–Kier alpha value is -2.94. The summed E-state index contributed by atoms with van der Waals surface area (Å²) in [5, 5.41) is 4.72. The van der Waals surface area contributed by atoms with Crippen molar-refractivity contribution in [2.24, 2.45) is 5.92 Å². The number of fused-ring (bicyclic) bond motifs is 2. The number of aryl methyl sites for hydroxylation is 1. The lowest BCUT2D eigenvalue weighted by Crippen LogP contribution is -2.45. The number of pyridine rings is 1. The van der Waals surface area contributed by atoms with Crippen molar-refractivity contribution in [1.29, 1.82) is 0 Å². The number of halogens is 2. The second-order valence-corrected chi connectivity index (χ2v) is 11.0. The molecule has 35 heavy (non-hydrogen) atoms. The molecule has 0 bridgehead atoms. The van der Waals surface area contributed by atoms with Crippen LogP contribution in [-0.2, 0) is 0 Å². The first-order valence-electron chi connectivity index (χ1n) is 11.4. The van der Waals surface area contributed by atoms with Crippen molar-refractivity contribution in [3.05, 3.63) is 75.2 Å². The standard InChI is InChI=1S/C25H21Cl2N5O2S/c1-13-30-22(23(35-13)14-5-6-17(26)18(27)9-14)25(34)32-16(8-15-10-19(15)32)11-29-24(33)20-12-28-21-4-2-3-7-31(20)21/h2-7,9,12,15-16,19H,8,10-11H2,1H3,(H,29,33)/t15-,16+,19+/m1/s1. The lowest BCUT2D eigenvalue weighted by molar-refractivity contribution is 0.0684. The van der Waals surface area contributed by atoms with E-state index in [1.54, 1.807) is 22.7 Å². The van der Waals surface area contributed by atoms with Crippen molar-refractivity contribution in [3.8, 4) is 10.4 Å². The number of hydrogen-bond acceptors (Lipinski definition) is 5. The van der Waals surface area contributed by atoms with Gasteiger partial charge >= 0.3 is 0 Å². The van der Waals surface area contributed by atoms with Crippen LogP contribution in [0.15, 0.2) is 48.8 Å². The van der Waals surface area contributed by atoms with Crippen LogP contribution in [0.3, 0.4) is 0 Å². The van der Waals surface area contributed by atoms with E-state index in [-0.39, 0.29) is 23.9 Å². The molecular weight excluding hydrogens is 505 g/mol. The summed E-state index contributed by atoms with van der Waals surface area (Å²) in [6.07, 6.45) is 5.25. The minimum atomic E-state index is -0.210. The molecule has 6 rings (SSSR count). The van der Waals surface area contributed by atoms with Gasteiger partial charge in [0.15, 0.2) is 0 Å². The van der Waals surface area contributed by atoms with Crippen molar-refractivity contribution < 1.29 is 9.59 Å². The molecular formula is C25H21Cl2N5O2S. The fourth-order valence-electron chi connectivity index (χ4n) is 4.99. The summed E-state index contributed by atoms with van der Waals surface area (Å²) in [6, 6.07) is 11.1. The third-order valence-corrected chi connectivity index (χ3v) is 8.47. The Balaban J connectivity index is 1.23. The average molecular weight is 526 g/mol. The third-order valence-electron chi connectivity index (χ3n) is 6.71. The molecule has 0 radical (unpaired) electrons. The van der Waals surface area contributed by atoms with E-state index in [0.29, 0.717) is 39.5 Å². The second-order valence-electron chi connectivity index (χ2n) is 8.99. The summed E-state index contributed by atoms with van der Waals surface area (Å²) in [5.41, 5.74) is 2.43. The SMILES string of the molecule is Cc1nc(C(=O)N2[C@H](CNC(=O)c3cnc4ccccn34)C[C@@H]3C[C@@H]32)c(-c2ccc(Cl)c(Cl)c2)s1. The van der Waals surface area contributed by atoms with Gasteiger partial charge in [0.05, 0.1) is 32.2 Å². The van der Waals surface area contributed by atoms with Gasteiger partial charge < -0.3 is 10.2 Å². The summed E-state index contributed by atoms with van der Waals surface area (Å²) in [6.45, 7) is 2.27. The quantitative estimate of drug-likeness (QED) is 0.392. The van der Waals surface area contributed by atoms with Crippen LogP contribution in [0.1, 0.15) is 38.8 Å². The van der Waals surface area contributed by atoms with Gasteiger partial charge in [-0.2, -0.15) is 0 Å². The number of hydrogen-bond donors (Lipinski definition) is 1. The molecule has 10 heteroatoms. The Bertz CT molecular complexity index is 1480. The van der Waals surface area contributed by atoms with Gasteiger partial charge in [0.1, 0.15) is 17.0 Å². The number of rotatable bonds is 5. The highest BCUT2D eigenvalue weighted by Crippen LogP contribution is 2.49. The maximum Gasteiger partial charge on any atom is 0.274 e. The average Bonchev–Trinajstić information content (AvgIpc) is 3.19. The molecule has 1 aromatic carbocycles. The Morgan fingerprint density at radius 1 is 1.17 bits per heavy atom. The summed E-state index contributed by atoms with van der Waals surface area (Å²) in [5.74, 6) is 0.164. The monoisotopic (exact) mass is 525 g/mol. The van der Waals surface area contributed by atoms with Gasteiger partial charge in [-0.15, -0.1) is 11.3 Å². The molecule has 2 fully saturated rings. The summed E-state index contributed by atoms with van der Waals surface area (Å²) in [7, 11) is 0. The van der Waals surface area contributed by atoms with Crippen LogP contribution < -0.4 is 5.32 Å². The van der Waals surface area contributed by atoms with Gasteiger partial charge in [0.25, 0.3) is 11.8 Å². The Labute approximate surface area is 215 Å². The van der Waals surface area contributed by atoms with Crippen molar-refractivity contribution in [2.45, 2.75) is 31.8 Å². The van der Waals surface area contributed by atoms with E-state index in [0.717, 1.165) is 28.3 Å². The van der Waals surface area contributed by atoms with Gasteiger partial charge in [-0.05, 0) is 55.5 Å². The van der Waals surface area contributed by atoms with Gasteiger partial charge in [0, 0.05) is 18.8 Å². The van der Waals surface area contributed by atoms with E-state index in [4.69, 9.17) is 23.2 Å². The predicted molar refractivity (Wildman–Crippen MR) is 136 cm³/mol. The minimum absolute atomic E-state index is 0.0851. The largest absolute Gasteiger partial charge is 0.349 e. The van der Waals surface area contributed by atoms with Crippen LogP contribution >= 0.6 is 34.5 Å². The summed E-state index contributed by atoms with van der Waals surface area (Å²) < 4.78 is 1.76. The Morgan fingerprint density at radius 2 is 2.03 bits per heavy atom. The number of benzene rings is 1. The summed E-state index contributed by atoms with van der Waals surface area (Å²) >= 11 is 13.8. The van der Waals surface area contributed by atoms with Crippen LogP contribution in [0.2, 0.25) is 10.0 Å². The fourth-order valence-corrected chi connectivity index (χ4v) is 6.19. The number of amides is 2. The highest BCUT2D eigenvalue weighted by Gasteiger charge is 2.54. The smallest absolute Gasteiger partial charge is 0.274 e. The van der Waals surface area contributed by atoms with Crippen LogP contribution in [0.25, 0.3) is 16.1 Å². The zero-order valence-electron chi connectivity index (χ0n) is 18.7. The molecule has 4 aromatic rings. The van der Waals surface area contributed by atoms with E-state index >= 15 is 0 Å². The molecule has 7 nitrogen and oxygen atoms in total. The van der Waals surface area contributed by atoms with Crippen molar-refractivity contribution >= 4 is 52.0 Å². The van der Waals surface area contributed by atoms with E-state index in [1.807, 2.05) is 42.3 Å². The molecule has 178 valence electrons. The van der Waals surface area contributed by atoms with Crippen LogP contribution in [0.4, 0.5) is 0 Å². The molecule has 1 aliphatic heterocycles. The zero-order chi connectivity index (χ0) is 24.3. The number of nitrogens with zero attached hydrogens (tertiary/aromatic N) is 4. The molecule has 0 unspecified atom stereocenters. The number of piperidine rings is 1. The molecule has 3 atom stereocenters. The van der Waals surface area contributed by atoms with E-state index in [2.05, 4.69) is 15.3 Å². The van der Waals surface area contributed by atoms with E-state index in [1.165, 1.54) is 11.3 Å². The molecule has 1 saturated heterocycles. The first-order chi connectivity index (χ1) is 16.9. The summed E-state index contributed by atoms with van der Waals surface area (Å²) in [4.78, 5) is 38.3. The molecule has 4 heterocycles. The molecule has 1 aliphatic carbocycles. The molecule has 3 aromatic heterocycles. The molecule has 0 spiro atoms. The van der Waals surface area contributed by atoms with Crippen LogP contribution in [0, 0.1) is 12.8 Å². The minimum Gasteiger partial charge on any atom is -0.349 e. The fraction of sp³-hybridized carbons (Fsp3) is 0.280. The van der Waals surface area contributed by atoms with Gasteiger partial charge in [-0.25, -0.2) is 9.97 Å². The first-order valence-corrected chi connectivity index (χ1v) is 12.9. The molecule has 2 amide bonds. The third kappa shape index (κ3) is 3.99. The molecule has 1 N–H and O–H groups in total. The molecule has 1 saturated carbocycles. The second kappa shape index (κ2) is 8.62. The normalized spacial score (nSPS) is 20.8. The highest BCUT2D eigenvalue weighted by molar-refractivity contribution is 7.15. The van der Waals surface area contributed by atoms with E-state index < -0.39 is 0 Å². The number of carbonyl (C=O) groups excluding carboxylic acids is 2. The number of aromatic nitrogens is 3. The lowest BCUT2D eigenvalue weighted by atomic mass is 10.1. The van der Waals surface area contributed by atoms with Crippen molar-refractivity contribution in [1.82, 2.24) is 24.6 Å². The van der Waals surface area contributed by atoms with E-state index in [9.17, 15) is 9.59 Å². The zero-order valence-corrected chi connectivity index (χ0v) is 21.1. The Morgan fingerprint density at radius 3 is 2.86 bits per heavy atom. The Kier molecular flexibility index (Phi) is 5.55. The number of thiazole rings is 1. The van der Waals surface area contributed by atoms with Crippen LogP contribution in [0.5, 0.6) is 0 Å². The molecule has 2 aliphatic rings. The number of likely N-dealkylation sites (tertiary alicyclic amines) is 1. The highest BCUT2D eigenvalue weighted by atomic mass is 35.5. The van der Waals surface area contributed by atoms with Gasteiger partial charge in [0.2, 0.25) is 0 Å². The number of nitrogens with one attached hydrogen (secondary N) is 1. The van der Waals surface area contributed by atoms with Crippen LogP contribution in [-0.4, -0.2) is 49.7 Å². The first kappa shape index (κ1) is 22.5. The topological polar surface area (TPSA) is 79.6 Å². The predicted octanol–water partition coefficient (Wildman–Crippen LogP) is 5.11. The van der Waals surface area contributed by atoms with Crippen molar-refractivity contribution in [2.75, 3.05) is 6.54 Å². The maximum absolute atomic E-state index is 13.8. The lowest BCUT2D eigenvalue weighted by Gasteiger charge is -2.27. The number of carbonyl (C=O) groups is 2. The maximum atomic E-state index is 13.8.